The highest BCUT2D eigenvalue weighted by Gasteiger charge is 2.23. The van der Waals surface area contributed by atoms with Crippen molar-refractivity contribution in [1.29, 1.82) is 0 Å². The number of hydrogen-bond acceptors (Lipinski definition) is 4. The van der Waals surface area contributed by atoms with Crippen LogP contribution in [0.1, 0.15) is 22.3 Å². The molecule has 0 fully saturated rings. The summed E-state index contributed by atoms with van der Waals surface area (Å²) in [4.78, 5) is 33.6. The Morgan fingerprint density at radius 1 is 1.37 bits per heavy atom. The van der Waals surface area contributed by atoms with Gasteiger partial charge in [0.05, 0.1) is 6.42 Å². The fraction of sp³-hybridized carbons (Fsp3) is 0.250. The molecule has 19 heavy (non-hydrogen) atoms. The zero-order chi connectivity index (χ0) is 14.6. The molecule has 102 valence electrons. The second-order valence-electron chi connectivity index (χ2n) is 4.05. The number of aliphatic carboxylic acids is 1. The molecular weight excluding hydrogens is 250 g/mol. The van der Waals surface area contributed by atoms with E-state index in [0.29, 0.717) is 11.3 Å². The van der Waals surface area contributed by atoms with E-state index in [4.69, 9.17) is 16.6 Å². The largest absolute Gasteiger partial charge is 0.480 e. The van der Waals surface area contributed by atoms with Gasteiger partial charge >= 0.3 is 5.97 Å². The number of amides is 2. The molecule has 1 rings (SSSR count). The van der Waals surface area contributed by atoms with Crippen LogP contribution in [0.2, 0.25) is 0 Å². The van der Waals surface area contributed by atoms with Crippen molar-refractivity contribution < 1.29 is 19.5 Å². The van der Waals surface area contributed by atoms with Gasteiger partial charge < -0.3 is 21.9 Å². The minimum Gasteiger partial charge on any atom is -0.480 e. The van der Waals surface area contributed by atoms with Crippen molar-refractivity contribution in [3.05, 3.63) is 29.3 Å². The number of hydrogen-bond donors (Lipinski definition) is 4. The molecule has 1 aromatic rings. The Kier molecular flexibility index (Phi) is 4.46. The van der Waals surface area contributed by atoms with Crippen LogP contribution < -0.4 is 16.8 Å². The molecule has 7 heteroatoms. The fourth-order valence-corrected chi connectivity index (χ4v) is 1.54. The maximum absolute atomic E-state index is 11.9. The highest BCUT2D eigenvalue weighted by Crippen LogP contribution is 2.15. The van der Waals surface area contributed by atoms with Crippen LogP contribution in [0, 0.1) is 6.92 Å². The Bertz CT molecular complexity index is 528. The summed E-state index contributed by atoms with van der Waals surface area (Å²) >= 11 is 0. The van der Waals surface area contributed by atoms with Gasteiger partial charge in [-0.3, -0.25) is 9.59 Å². The lowest BCUT2D eigenvalue weighted by Crippen LogP contribution is -2.43. The smallest absolute Gasteiger partial charge is 0.326 e. The Balaban J connectivity index is 2.91. The Labute approximate surface area is 109 Å². The predicted molar refractivity (Wildman–Crippen MR) is 68.3 cm³/mol. The maximum Gasteiger partial charge on any atom is 0.326 e. The second-order valence-corrected chi connectivity index (χ2v) is 4.05. The molecule has 6 N–H and O–H groups in total. The van der Waals surface area contributed by atoms with Crippen LogP contribution in [0.4, 0.5) is 5.69 Å². The Morgan fingerprint density at radius 3 is 2.53 bits per heavy atom. The molecular formula is C12H15N3O4. The summed E-state index contributed by atoms with van der Waals surface area (Å²) < 4.78 is 0. The van der Waals surface area contributed by atoms with Crippen molar-refractivity contribution in [2.45, 2.75) is 19.4 Å². The lowest BCUT2D eigenvalue weighted by atomic mass is 10.1. The third-order valence-corrected chi connectivity index (χ3v) is 2.63. The normalized spacial score (nSPS) is 11.6. The first-order valence-corrected chi connectivity index (χ1v) is 5.50. The Hall–Kier alpha value is -2.57. The third-order valence-electron chi connectivity index (χ3n) is 2.63. The number of carbonyl (C=O) groups excluding carboxylic acids is 2. The molecule has 2 amide bonds. The van der Waals surface area contributed by atoms with E-state index in [1.165, 1.54) is 6.07 Å². The number of nitrogens with two attached hydrogens (primary N) is 2. The molecule has 0 aromatic heterocycles. The van der Waals surface area contributed by atoms with E-state index >= 15 is 0 Å². The van der Waals surface area contributed by atoms with Crippen LogP contribution in [0.25, 0.3) is 0 Å². The molecule has 1 atom stereocenters. The van der Waals surface area contributed by atoms with Crippen LogP contribution in [0.5, 0.6) is 0 Å². The zero-order valence-corrected chi connectivity index (χ0v) is 10.3. The zero-order valence-electron chi connectivity index (χ0n) is 10.3. The lowest BCUT2D eigenvalue weighted by Gasteiger charge is -2.14. The third kappa shape index (κ3) is 3.70. The van der Waals surface area contributed by atoms with Crippen LogP contribution in [-0.4, -0.2) is 28.9 Å². The molecule has 0 saturated heterocycles. The average molecular weight is 265 g/mol. The molecule has 0 heterocycles. The number of benzene rings is 1. The molecule has 7 nitrogen and oxygen atoms in total. The van der Waals surface area contributed by atoms with Gasteiger partial charge in [-0.15, -0.1) is 0 Å². The summed E-state index contributed by atoms with van der Waals surface area (Å²) in [5.41, 5.74) is 11.8. The highest BCUT2D eigenvalue weighted by atomic mass is 16.4. The van der Waals surface area contributed by atoms with Crippen molar-refractivity contribution in [2.75, 3.05) is 5.73 Å². The summed E-state index contributed by atoms with van der Waals surface area (Å²) in [5, 5.41) is 11.1. The number of carbonyl (C=O) groups is 3. The monoisotopic (exact) mass is 265 g/mol. The number of nitrogen functional groups attached to an aromatic ring is 1. The van der Waals surface area contributed by atoms with Gasteiger partial charge in [-0.25, -0.2) is 4.79 Å². The van der Waals surface area contributed by atoms with Crippen molar-refractivity contribution in [3.63, 3.8) is 0 Å². The van der Waals surface area contributed by atoms with Gasteiger partial charge in [-0.2, -0.15) is 0 Å². The minimum atomic E-state index is -1.36. The van der Waals surface area contributed by atoms with E-state index < -0.39 is 30.2 Å². The Morgan fingerprint density at radius 2 is 2.00 bits per heavy atom. The van der Waals surface area contributed by atoms with E-state index in [1.54, 1.807) is 19.1 Å². The highest BCUT2D eigenvalue weighted by molar-refractivity contribution is 5.99. The fourth-order valence-electron chi connectivity index (χ4n) is 1.54. The molecule has 1 aromatic carbocycles. The molecule has 0 aliphatic heterocycles. The van der Waals surface area contributed by atoms with Gasteiger partial charge in [0, 0.05) is 11.3 Å². The quantitative estimate of drug-likeness (QED) is 0.539. The summed E-state index contributed by atoms with van der Waals surface area (Å²) in [6.07, 6.45) is -0.470. The van der Waals surface area contributed by atoms with Gasteiger partial charge in [-0.1, -0.05) is 6.07 Å². The summed E-state index contributed by atoms with van der Waals surface area (Å²) in [7, 11) is 0. The molecule has 0 aliphatic rings. The number of anilines is 1. The summed E-state index contributed by atoms with van der Waals surface area (Å²) in [6.45, 7) is 1.65. The predicted octanol–water partition coefficient (Wildman–Crippen LogP) is -0.364. The van der Waals surface area contributed by atoms with Crippen LogP contribution >= 0.6 is 0 Å². The minimum absolute atomic E-state index is 0.260. The molecule has 0 saturated carbocycles. The topological polar surface area (TPSA) is 136 Å². The standard InChI is InChI=1S/C12H15N3O4/c1-6-7(3-2-4-8(6)13)11(17)15-9(12(18)19)5-10(14)16/h2-4,9H,5,13H2,1H3,(H2,14,16)(H,15,17)(H,18,19). The van der Waals surface area contributed by atoms with Crippen molar-refractivity contribution in [2.24, 2.45) is 5.73 Å². The molecule has 1 unspecified atom stereocenters. The van der Waals surface area contributed by atoms with Gasteiger partial charge in [-0.05, 0) is 24.6 Å². The van der Waals surface area contributed by atoms with E-state index in [9.17, 15) is 14.4 Å². The van der Waals surface area contributed by atoms with Gasteiger partial charge in [0.2, 0.25) is 5.91 Å². The van der Waals surface area contributed by atoms with Crippen LogP contribution in [0.3, 0.4) is 0 Å². The van der Waals surface area contributed by atoms with Crippen LogP contribution in [0.15, 0.2) is 18.2 Å². The first kappa shape index (κ1) is 14.5. The maximum atomic E-state index is 11.9. The number of carboxylic acid groups (broad SMARTS) is 1. The number of rotatable bonds is 5. The van der Waals surface area contributed by atoms with Crippen LogP contribution in [-0.2, 0) is 9.59 Å². The number of primary amides is 1. The molecule has 0 radical (unpaired) electrons. The van der Waals surface area contributed by atoms with Crippen molar-refractivity contribution >= 4 is 23.5 Å². The first-order valence-electron chi connectivity index (χ1n) is 5.50. The van der Waals surface area contributed by atoms with Gasteiger partial charge in [0.15, 0.2) is 0 Å². The molecule has 0 bridgehead atoms. The summed E-state index contributed by atoms with van der Waals surface area (Å²) in [5.74, 6) is -2.75. The summed E-state index contributed by atoms with van der Waals surface area (Å²) in [6, 6.07) is 3.38. The first-order chi connectivity index (χ1) is 8.82. The van der Waals surface area contributed by atoms with E-state index in [-0.39, 0.29) is 5.56 Å². The second kappa shape index (κ2) is 5.85. The van der Waals surface area contributed by atoms with Crippen molar-refractivity contribution in [3.8, 4) is 0 Å². The lowest BCUT2D eigenvalue weighted by molar-refractivity contribution is -0.140. The SMILES string of the molecule is Cc1c(N)cccc1C(=O)NC(CC(N)=O)C(=O)O. The molecule has 0 spiro atoms. The van der Waals surface area contributed by atoms with Gasteiger partial charge in [0.1, 0.15) is 6.04 Å². The van der Waals surface area contributed by atoms with E-state index in [2.05, 4.69) is 5.32 Å². The van der Waals surface area contributed by atoms with Gasteiger partial charge in [0.25, 0.3) is 5.91 Å². The van der Waals surface area contributed by atoms with E-state index in [0.717, 1.165) is 0 Å². The number of carboxylic acids is 1. The molecule has 0 aliphatic carbocycles. The van der Waals surface area contributed by atoms with E-state index in [1.807, 2.05) is 0 Å². The average Bonchev–Trinajstić information content (AvgIpc) is 2.31. The van der Waals surface area contributed by atoms with Crippen molar-refractivity contribution in [1.82, 2.24) is 5.32 Å². The number of nitrogens with one attached hydrogen (secondary N) is 1.